The van der Waals surface area contributed by atoms with Gasteiger partial charge in [-0.05, 0) is 13.8 Å². The number of aryl methyl sites for hydroxylation is 1. The largest absolute Gasteiger partial charge is 0.462 e. The number of aromatic nitrogens is 1. The molecule has 5 heteroatoms. The molecule has 0 aliphatic rings. The summed E-state index contributed by atoms with van der Waals surface area (Å²) in [5, 5.41) is 2.63. The van der Waals surface area contributed by atoms with Crippen LogP contribution in [0.5, 0.6) is 0 Å². The molecule has 0 radical (unpaired) electrons. The highest BCUT2D eigenvalue weighted by molar-refractivity contribution is 6.02. The number of amides is 1. The van der Waals surface area contributed by atoms with Gasteiger partial charge in [0.15, 0.2) is 0 Å². The van der Waals surface area contributed by atoms with E-state index < -0.39 is 5.97 Å². The molecule has 0 aliphatic carbocycles. The first kappa shape index (κ1) is 13.0. The maximum Gasteiger partial charge on any atom is 0.342 e. The number of hydrogen-bond acceptors (Lipinski definition) is 3. The number of carbonyl (C=O) groups excluding carboxylic acids is 2. The van der Waals surface area contributed by atoms with Crippen molar-refractivity contribution in [3.63, 3.8) is 0 Å². The summed E-state index contributed by atoms with van der Waals surface area (Å²) >= 11 is 0. The maximum absolute atomic E-state index is 11.7. The van der Waals surface area contributed by atoms with Gasteiger partial charge >= 0.3 is 5.97 Å². The lowest BCUT2D eigenvalue weighted by Crippen LogP contribution is -2.14. The molecule has 1 aromatic rings. The van der Waals surface area contributed by atoms with Crippen molar-refractivity contribution >= 4 is 17.6 Å². The smallest absolute Gasteiger partial charge is 0.342 e. The summed E-state index contributed by atoms with van der Waals surface area (Å²) in [5.74, 6) is -0.662. The van der Waals surface area contributed by atoms with Gasteiger partial charge in [-0.25, -0.2) is 4.79 Å². The van der Waals surface area contributed by atoms with E-state index in [0.29, 0.717) is 23.6 Å². The molecule has 0 unspecified atom stereocenters. The number of hydrogen-bond donors (Lipinski definition) is 2. The van der Waals surface area contributed by atoms with Crippen LogP contribution in [0.2, 0.25) is 0 Å². The highest BCUT2D eigenvalue weighted by Crippen LogP contribution is 2.20. The molecule has 0 aromatic carbocycles. The topological polar surface area (TPSA) is 71.2 Å². The van der Waals surface area contributed by atoms with E-state index >= 15 is 0 Å². The molecule has 5 nitrogen and oxygen atoms in total. The second-order valence-electron chi connectivity index (χ2n) is 3.46. The van der Waals surface area contributed by atoms with E-state index in [4.69, 9.17) is 4.74 Å². The molecule has 0 bridgehead atoms. The average molecular weight is 236 g/mol. The lowest BCUT2D eigenvalue weighted by Gasteiger charge is -2.06. The second kappa shape index (κ2) is 5.89. The van der Waals surface area contributed by atoms with Crippen molar-refractivity contribution in [2.24, 2.45) is 0 Å². The van der Waals surface area contributed by atoms with Crippen LogP contribution >= 0.6 is 0 Å². The fraction of sp³-hybridized carbons (Fsp3) is 0.333. The van der Waals surface area contributed by atoms with Crippen LogP contribution in [-0.4, -0.2) is 23.5 Å². The molecule has 0 saturated carbocycles. The Hall–Kier alpha value is -2.04. The van der Waals surface area contributed by atoms with Crippen LogP contribution < -0.4 is 5.32 Å². The molecule has 17 heavy (non-hydrogen) atoms. The average Bonchev–Trinajstić information content (AvgIpc) is 2.60. The van der Waals surface area contributed by atoms with Crippen LogP contribution in [-0.2, 0) is 9.53 Å². The van der Waals surface area contributed by atoms with Crippen LogP contribution in [0.3, 0.4) is 0 Å². The number of esters is 1. The second-order valence-corrected chi connectivity index (χ2v) is 3.46. The Labute approximate surface area is 99.9 Å². The molecule has 0 aliphatic heterocycles. The summed E-state index contributed by atoms with van der Waals surface area (Å²) in [4.78, 5) is 26.0. The first-order valence-corrected chi connectivity index (χ1v) is 5.36. The maximum atomic E-state index is 11.7. The lowest BCUT2D eigenvalue weighted by molar-refractivity contribution is -0.115. The summed E-state index contributed by atoms with van der Waals surface area (Å²) in [7, 11) is 0. The van der Waals surface area contributed by atoms with E-state index in [0.717, 1.165) is 0 Å². The SMILES string of the molecule is C=CCC(=O)Nc1c[nH]c(C)c1C(=O)OCC. The highest BCUT2D eigenvalue weighted by Gasteiger charge is 2.18. The third-order valence-electron chi connectivity index (χ3n) is 2.16. The molecular weight excluding hydrogens is 220 g/mol. The summed E-state index contributed by atoms with van der Waals surface area (Å²) in [6.07, 6.45) is 3.27. The van der Waals surface area contributed by atoms with E-state index in [9.17, 15) is 9.59 Å². The molecule has 1 aromatic heterocycles. The monoisotopic (exact) mass is 236 g/mol. The first-order valence-electron chi connectivity index (χ1n) is 5.36. The minimum absolute atomic E-state index is 0.201. The number of nitrogens with one attached hydrogen (secondary N) is 2. The molecule has 2 N–H and O–H groups in total. The number of aromatic amines is 1. The third kappa shape index (κ3) is 3.21. The predicted octanol–water partition coefficient (Wildman–Crippen LogP) is 2.01. The Morgan fingerprint density at radius 3 is 2.88 bits per heavy atom. The zero-order valence-corrected chi connectivity index (χ0v) is 10.0. The molecule has 0 fully saturated rings. The van der Waals surface area contributed by atoms with E-state index in [-0.39, 0.29) is 12.3 Å². The van der Waals surface area contributed by atoms with E-state index in [1.807, 2.05) is 0 Å². The van der Waals surface area contributed by atoms with Gasteiger partial charge in [0.2, 0.25) is 5.91 Å². The van der Waals surface area contributed by atoms with Gasteiger partial charge in [-0.15, -0.1) is 6.58 Å². The molecule has 1 heterocycles. The van der Waals surface area contributed by atoms with Crippen molar-refractivity contribution in [2.75, 3.05) is 11.9 Å². The van der Waals surface area contributed by atoms with Crippen molar-refractivity contribution in [1.29, 1.82) is 0 Å². The third-order valence-corrected chi connectivity index (χ3v) is 2.16. The minimum Gasteiger partial charge on any atom is -0.462 e. The van der Waals surface area contributed by atoms with E-state index in [1.54, 1.807) is 20.0 Å². The number of rotatable bonds is 5. The Morgan fingerprint density at radius 2 is 2.29 bits per heavy atom. The van der Waals surface area contributed by atoms with Gasteiger partial charge in [-0.3, -0.25) is 4.79 Å². The normalized spacial score (nSPS) is 9.76. The van der Waals surface area contributed by atoms with Crippen molar-refractivity contribution in [1.82, 2.24) is 4.98 Å². The zero-order valence-electron chi connectivity index (χ0n) is 10.0. The summed E-state index contributed by atoms with van der Waals surface area (Å²) in [6, 6.07) is 0. The summed E-state index contributed by atoms with van der Waals surface area (Å²) in [6.45, 7) is 7.25. The van der Waals surface area contributed by atoms with Crippen molar-refractivity contribution in [3.05, 3.63) is 30.1 Å². The van der Waals surface area contributed by atoms with Gasteiger partial charge in [0.05, 0.1) is 12.3 Å². The number of ether oxygens (including phenoxy) is 1. The van der Waals surface area contributed by atoms with Crippen molar-refractivity contribution < 1.29 is 14.3 Å². The van der Waals surface area contributed by atoms with Gasteiger partial charge in [0.1, 0.15) is 5.56 Å². The van der Waals surface area contributed by atoms with Crippen LogP contribution in [0.25, 0.3) is 0 Å². The first-order chi connectivity index (χ1) is 8.10. The van der Waals surface area contributed by atoms with E-state index in [1.165, 1.54) is 6.08 Å². The molecule has 0 atom stereocenters. The summed E-state index contributed by atoms with van der Waals surface area (Å²) < 4.78 is 4.92. The van der Waals surface area contributed by atoms with Gasteiger partial charge in [-0.1, -0.05) is 6.08 Å². The molecule has 0 spiro atoms. The standard InChI is InChI=1S/C12H16N2O3/c1-4-6-10(15)14-9-7-13-8(3)11(9)12(16)17-5-2/h4,7,13H,1,5-6H2,2-3H3,(H,14,15). The lowest BCUT2D eigenvalue weighted by atomic mass is 10.2. The van der Waals surface area contributed by atoms with Crippen LogP contribution in [0, 0.1) is 6.92 Å². The number of H-pyrrole nitrogens is 1. The zero-order chi connectivity index (χ0) is 12.8. The molecule has 1 amide bonds. The molecule has 1 rings (SSSR count). The fourth-order valence-electron chi connectivity index (χ4n) is 1.42. The van der Waals surface area contributed by atoms with Crippen molar-refractivity contribution in [2.45, 2.75) is 20.3 Å². The van der Waals surface area contributed by atoms with Crippen LogP contribution in [0.15, 0.2) is 18.9 Å². The van der Waals surface area contributed by atoms with Crippen LogP contribution in [0.1, 0.15) is 29.4 Å². The number of anilines is 1. The minimum atomic E-state index is -0.444. The van der Waals surface area contributed by atoms with Gasteiger partial charge < -0.3 is 15.0 Å². The van der Waals surface area contributed by atoms with Gasteiger partial charge in [0, 0.05) is 18.3 Å². The quantitative estimate of drug-likeness (QED) is 0.607. The summed E-state index contributed by atoms with van der Waals surface area (Å²) in [5.41, 5.74) is 1.47. The van der Waals surface area contributed by atoms with Crippen LogP contribution in [0.4, 0.5) is 5.69 Å². The van der Waals surface area contributed by atoms with Gasteiger partial charge in [0.25, 0.3) is 0 Å². The Kier molecular flexibility index (Phi) is 4.51. The highest BCUT2D eigenvalue weighted by atomic mass is 16.5. The Bertz CT molecular complexity index is 435. The molecular formula is C12H16N2O3. The van der Waals surface area contributed by atoms with E-state index in [2.05, 4.69) is 16.9 Å². The fourth-order valence-corrected chi connectivity index (χ4v) is 1.42. The van der Waals surface area contributed by atoms with Crippen molar-refractivity contribution in [3.8, 4) is 0 Å². The predicted molar refractivity (Wildman–Crippen MR) is 64.9 cm³/mol. The molecule has 0 saturated heterocycles. The molecule has 92 valence electrons. The Balaban J connectivity index is 2.89. The Morgan fingerprint density at radius 1 is 1.59 bits per heavy atom. The number of carbonyl (C=O) groups is 2. The van der Waals surface area contributed by atoms with Gasteiger partial charge in [-0.2, -0.15) is 0 Å².